The molecule has 2 aromatic heterocycles. The minimum atomic E-state index is -0.0496. The van der Waals surface area contributed by atoms with Gasteiger partial charge in [0.1, 0.15) is 10.6 Å². The zero-order chi connectivity index (χ0) is 14.2. The van der Waals surface area contributed by atoms with Gasteiger partial charge in [-0.1, -0.05) is 0 Å². The van der Waals surface area contributed by atoms with E-state index in [1.54, 1.807) is 13.3 Å². The Morgan fingerprint density at radius 3 is 3.10 bits per heavy atom. The third-order valence-corrected chi connectivity index (χ3v) is 3.89. The van der Waals surface area contributed by atoms with E-state index in [4.69, 9.17) is 4.74 Å². The Labute approximate surface area is 122 Å². The van der Waals surface area contributed by atoms with Gasteiger partial charge in [-0.2, -0.15) is 0 Å². The number of ether oxygens (including phenoxy) is 1. The fraction of sp³-hybridized carbons (Fsp3) is 0.429. The summed E-state index contributed by atoms with van der Waals surface area (Å²) in [7, 11) is 1.58. The Balaban J connectivity index is 1.60. The first-order valence-electron chi connectivity index (χ1n) is 6.66. The smallest absolute Gasteiger partial charge is 0.265 e. The number of hydrogen-bond donors (Lipinski definition) is 1. The second-order valence-corrected chi connectivity index (χ2v) is 5.35. The van der Waals surface area contributed by atoms with Gasteiger partial charge in [0.2, 0.25) is 0 Å². The number of aromatic nitrogens is 2. The molecule has 1 amide bonds. The van der Waals surface area contributed by atoms with Crippen molar-refractivity contribution in [3.05, 3.63) is 35.0 Å². The van der Waals surface area contributed by atoms with Gasteiger partial charge in [0.05, 0.1) is 13.4 Å². The summed E-state index contributed by atoms with van der Waals surface area (Å²) in [5, 5.41) is 4.79. The summed E-state index contributed by atoms with van der Waals surface area (Å²) in [6.07, 6.45) is 8.73. The van der Waals surface area contributed by atoms with Gasteiger partial charge in [-0.05, 0) is 30.7 Å². The van der Waals surface area contributed by atoms with E-state index in [0.29, 0.717) is 17.2 Å². The fourth-order valence-corrected chi connectivity index (χ4v) is 2.70. The molecule has 0 spiro atoms. The number of carbonyl (C=O) groups is 1. The summed E-state index contributed by atoms with van der Waals surface area (Å²) >= 11 is 1.40. The van der Waals surface area contributed by atoms with Crippen molar-refractivity contribution in [2.75, 3.05) is 13.7 Å². The number of methoxy groups -OCH3 is 1. The predicted molar refractivity (Wildman–Crippen MR) is 79.3 cm³/mol. The third-order valence-electron chi connectivity index (χ3n) is 2.99. The van der Waals surface area contributed by atoms with Crippen molar-refractivity contribution < 1.29 is 9.53 Å². The van der Waals surface area contributed by atoms with Crippen molar-refractivity contribution in [2.24, 2.45) is 0 Å². The molecule has 0 aliphatic heterocycles. The summed E-state index contributed by atoms with van der Waals surface area (Å²) in [5.41, 5.74) is 0. The zero-order valence-corrected chi connectivity index (χ0v) is 12.4. The van der Waals surface area contributed by atoms with Crippen LogP contribution in [0.1, 0.15) is 28.9 Å². The van der Waals surface area contributed by atoms with Crippen LogP contribution in [-0.4, -0.2) is 29.1 Å². The highest BCUT2D eigenvalue weighted by Gasteiger charge is 2.12. The molecule has 2 rings (SSSR count). The maximum absolute atomic E-state index is 11.9. The quantitative estimate of drug-likeness (QED) is 0.761. The molecule has 108 valence electrons. The Morgan fingerprint density at radius 1 is 1.45 bits per heavy atom. The molecule has 2 heterocycles. The lowest BCUT2D eigenvalue weighted by molar-refractivity contribution is 0.0954. The Bertz CT molecular complexity index is 522. The number of aryl methyl sites for hydroxylation is 1. The highest BCUT2D eigenvalue weighted by atomic mass is 32.1. The molecule has 0 bridgehead atoms. The van der Waals surface area contributed by atoms with Crippen molar-refractivity contribution in [1.29, 1.82) is 0 Å². The number of amides is 1. The minimum Gasteiger partial charge on any atom is -0.495 e. The SMILES string of the molecule is COc1ccsc1C(=O)NCCCCCn1ccnc1. The van der Waals surface area contributed by atoms with Crippen molar-refractivity contribution in [3.8, 4) is 5.75 Å². The van der Waals surface area contributed by atoms with E-state index >= 15 is 0 Å². The molecular weight excluding hydrogens is 274 g/mol. The van der Waals surface area contributed by atoms with Crippen molar-refractivity contribution >= 4 is 17.2 Å². The number of carbonyl (C=O) groups excluding carboxylic acids is 1. The third kappa shape index (κ3) is 4.09. The number of imidazole rings is 1. The standard InChI is InChI=1S/C14H19N3O2S/c1-19-12-5-10-20-13(12)14(18)16-6-3-2-4-8-17-9-7-15-11-17/h5,7,9-11H,2-4,6,8H2,1H3,(H,16,18). The molecular formula is C14H19N3O2S. The molecule has 0 aromatic carbocycles. The van der Waals surface area contributed by atoms with E-state index in [0.717, 1.165) is 25.8 Å². The lowest BCUT2D eigenvalue weighted by Gasteiger charge is -2.06. The second kappa shape index (κ2) is 7.69. The summed E-state index contributed by atoms with van der Waals surface area (Å²) in [4.78, 5) is 16.6. The number of nitrogens with one attached hydrogen (secondary N) is 1. The molecule has 6 heteroatoms. The molecule has 0 saturated heterocycles. The van der Waals surface area contributed by atoms with Crippen LogP contribution in [0.25, 0.3) is 0 Å². The number of hydrogen-bond acceptors (Lipinski definition) is 4. The van der Waals surface area contributed by atoms with Crippen molar-refractivity contribution in [3.63, 3.8) is 0 Å². The highest BCUT2D eigenvalue weighted by Crippen LogP contribution is 2.23. The van der Waals surface area contributed by atoms with Crippen molar-refractivity contribution in [1.82, 2.24) is 14.9 Å². The number of thiophene rings is 1. The van der Waals surface area contributed by atoms with Crippen LogP contribution >= 0.6 is 11.3 Å². The Hall–Kier alpha value is -1.82. The van der Waals surface area contributed by atoms with Gasteiger partial charge in [0, 0.05) is 25.5 Å². The summed E-state index contributed by atoms with van der Waals surface area (Å²) < 4.78 is 7.20. The van der Waals surface area contributed by atoms with Gasteiger partial charge in [0.15, 0.2) is 0 Å². The van der Waals surface area contributed by atoms with Gasteiger partial charge >= 0.3 is 0 Å². The average molecular weight is 293 g/mol. The molecule has 0 atom stereocenters. The van der Waals surface area contributed by atoms with Gasteiger partial charge < -0.3 is 14.6 Å². The lowest BCUT2D eigenvalue weighted by atomic mass is 10.2. The molecule has 0 radical (unpaired) electrons. The summed E-state index contributed by atoms with van der Waals surface area (Å²) in [5.74, 6) is 0.596. The van der Waals surface area contributed by atoms with Crippen LogP contribution in [0.2, 0.25) is 0 Å². The van der Waals surface area contributed by atoms with Crippen LogP contribution in [0, 0.1) is 0 Å². The molecule has 1 N–H and O–H groups in total. The zero-order valence-electron chi connectivity index (χ0n) is 11.5. The molecule has 0 fully saturated rings. The molecule has 0 saturated carbocycles. The van der Waals surface area contributed by atoms with E-state index < -0.39 is 0 Å². The van der Waals surface area contributed by atoms with Gasteiger partial charge in [-0.15, -0.1) is 11.3 Å². The minimum absolute atomic E-state index is 0.0496. The van der Waals surface area contributed by atoms with Crippen LogP contribution in [0.5, 0.6) is 5.75 Å². The van der Waals surface area contributed by atoms with Crippen LogP contribution in [0.15, 0.2) is 30.2 Å². The average Bonchev–Trinajstić information content (AvgIpc) is 3.12. The largest absolute Gasteiger partial charge is 0.495 e. The Kier molecular flexibility index (Phi) is 5.61. The Morgan fingerprint density at radius 2 is 2.35 bits per heavy atom. The summed E-state index contributed by atoms with van der Waals surface area (Å²) in [6, 6.07) is 1.81. The number of unbranched alkanes of at least 4 members (excludes halogenated alkanes) is 2. The van der Waals surface area contributed by atoms with Gasteiger partial charge in [-0.25, -0.2) is 4.98 Å². The first-order chi connectivity index (χ1) is 9.81. The predicted octanol–water partition coefficient (Wildman–Crippen LogP) is 2.55. The normalized spacial score (nSPS) is 10.4. The lowest BCUT2D eigenvalue weighted by Crippen LogP contribution is -2.23. The topological polar surface area (TPSA) is 56.1 Å². The molecule has 0 unspecified atom stereocenters. The van der Waals surface area contributed by atoms with Crippen LogP contribution in [-0.2, 0) is 6.54 Å². The second-order valence-electron chi connectivity index (χ2n) is 4.44. The highest BCUT2D eigenvalue weighted by molar-refractivity contribution is 7.12. The van der Waals surface area contributed by atoms with Crippen LogP contribution in [0.3, 0.4) is 0 Å². The van der Waals surface area contributed by atoms with Crippen LogP contribution < -0.4 is 10.1 Å². The van der Waals surface area contributed by atoms with Gasteiger partial charge in [0.25, 0.3) is 5.91 Å². The van der Waals surface area contributed by atoms with Gasteiger partial charge in [-0.3, -0.25) is 4.79 Å². The van der Waals surface area contributed by atoms with E-state index in [-0.39, 0.29) is 5.91 Å². The maximum atomic E-state index is 11.9. The molecule has 20 heavy (non-hydrogen) atoms. The monoisotopic (exact) mass is 293 g/mol. The maximum Gasteiger partial charge on any atom is 0.265 e. The molecule has 5 nitrogen and oxygen atoms in total. The number of nitrogens with zero attached hydrogens (tertiary/aromatic N) is 2. The van der Waals surface area contributed by atoms with E-state index in [1.165, 1.54) is 11.3 Å². The van der Waals surface area contributed by atoms with E-state index in [9.17, 15) is 4.79 Å². The first-order valence-corrected chi connectivity index (χ1v) is 7.54. The first kappa shape index (κ1) is 14.6. The number of rotatable bonds is 8. The fourth-order valence-electron chi connectivity index (χ4n) is 1.92. The van der Waals surface area contributed by atoms with Crippen molar-refractivity contribution in [2.45, 2.75) is 25.8 Å². The molecule has 2 aromatic rings. The summed E-state index contributed by atoms with van der Waals surface area (Å²) in [6.45, 7) is 1.68. The van der Waals surface area contributed by atoms with E-state index in [1.807, 2.05) is 24.0 Å². The molecule has 0 aliphatic rings. The van der Waals surface area contributed by atoms with Crippen LogP contribution in [0.4, 0.5) is 0 Å². The molecule has 0 aliphatic carbocycles. The van der Waals surface area contributed by atoms with E-state index in [2.05, 4.69) is 14.9 Å².